The second-order valence-corrected chi connectivity index (χ2v) is 7.22. The molecule has 1 heterocycles. The zero-order valence-corrected chi connectivity index (χ0v) is 14.5. The van der Waals surface area contributed by atoms with Gasteiger partial charge in [-0.2, -0.15) is 0 Å². The molecule has 1 aromatic carbocycles. The van der Waals surface area contributed by atoms with Crippen LogP contribution in [0.2, 0.25) is 0 Å². The average Bonchev–Trinajstić information content (AvgIpc) is 3.02. The molecular weight excluding hydrogens is 339 g/mol. The molecule has 1 saturated heterocycles. The van der Waals surface area contributed by atoms with Crippen molar-refractivity contribution in [2.45, 2.75) is 38.5 Å². The minimum Gasteiger partial charge on any atom is -0.481 e. The van der Waals surface area contributed by atoms with Crippen LogP contribution in [0.5, 0.6) is 0 Å². The minimum atomic E-state index is -0.915. The second kappa shape index (κ2) is 7.43. The summed E-state index contributed by atoms with van der Waals surface area (Å²) in [5.74, 6) is -2.64. The molecule has 2 aliphatic rings. The number of carbonyl (C=O) groups is 3. The van der Waals surface area contributed by atoms with E-state index < -0.39 is 23.1 Å². The summed E-state index contributed by atoms with van der Waals surface area (Å²) in [5, 5.41) is 12.3. The SMILES string of the molecule is O=C(NCC1(C(=O)O)CCCCC1)C1CC(=O)N(c2ccccc2F)C1. The fourth-order valence-electron chi connectivity index (χ4n) is 3.88. The van der Waals surface area contributed by atoms with E-state index in [-0.39, 0.29) is 37.0 Å². The summed E-state index contributed by atoms with van der Waals surface area (Å²) in [6.45, 7) is 0.178. The van der Waals surface area contributed by atoms with Crippen molar-refractivity contribution in [1.82, 2.24) is 5.32 Å². The van der Waals surface area contributed by atoms with Crippen molar-refractivity contribution in [3.63, 3.8) is 0 Å². The number of rotatable bonds is 5. The lowest BCUT2D eigenvalue weighted by molar-refractivity contribution is -0.151. The Morgan fingerprint density at radius 2 is 1.92 bits per heavy atom. The molecule has 3 rings (SSSR count). The monoisotopic (exact) mass is 362 g/mol. The first-order chi connectivity index (χ1) is 12.4. The van der Waals surface area contributed by atoms with E-state index in [1.165, 1.54) is 17.0 Å². The largest absolute Gasteiger partial charge is 0.481 e. The van der Waals surface area contributed by atoms with E-state index in [0.29, 0.717) is 12.8 Å². The lowest BCUT2D eigenvalue weighted by Crippen LogP contribution is -2.46. The van der Waals surface area contributed by atoms with Gasteiger partial charge in [-0.25, -0.2) is 4.39 Å². The number of anilines is 1. The summed E-state index contributed by atoms with van der Waals surface area (Å²) in [7, 11) is 0. The molecule has 1 atom stereocenters. The Labute approximate surface area is 151 Å². The van der Waals surface area contributed by atoms with Gasteiger partial charge in [0.2, 0.25) is 11.8 Å². The molecule has 6 nitrogen and oxygen atoms in total. The Morgan fingerprint density at radius 1 is 1.23 bits per heavy atom. The van der Waals surface area contributed by atoms with Gasteiger partial charge in [-0.3, -0.25) is 14.4 Å². The zero-order chi connectivity index (χ0) is 18.7. The Bertz CT molecular complexity index is 715. The number of nitrogens with one attached hydrogen (secondary N) is 1. The third-order valence-electron chi connectivity index (χ3n) is 5.50. The van der Waals surface area contributed by atoms with Crippen LogP contribution in [-0.4, -0.2) is 36.0 Å². The molecule has 2 fully saturated rings. The molecule has 1 saturated carbocycles. The van der Waals surface area contributed by atoms with E-state index in [9.17, 15) is 23.9 Å². The predicted octanol–water partition coefficient (Wildman–Crippen LogP) is 2.33. The molecule has 0 radical (unpaired) electrons. The summed E-state index contributed by atoms with van der Waals surface area (Å²) < 4.78 is 13.9. The average molecular weight is 362 g/mol. The van der Waals surface area contributed by atoms with Crippen molar-refractivity contribution < 1.29 is 23.9 Å². The minimum absolute atomic E-state index is 0.000237. The van der Waals surface area contributed by atoms with Gasteiger partial charge in [-0.1, -0.05) is 31.4 Å². The van der Waals surface area contributed by atoms with Crippen molar-refractivity contribution in [3.05, 3.63) is 30.1 Å². The molecule has 2 N–H and O–H groups in total. The molecule has 7 heteroatoms. The molecule has 26 heavy (non-hydrogen) atoms. The summed E-state index contributed by atoms with van der Waals surface area (Å²) in [5.41, 5.74) is -0.746. The third-order valence-corrected chi connectivity index (χ3v) is 5.50. The number of aliphatic carboxylic acids is 1. The van der Waals surface area contributed by atoms with Crippen LogP contribution in [0.3, 0.4) is 0 Å². The zero-order valence-electron chi connectivity index (χ0n) is 14.5. The summed E-state index contributed by atoms with van der Waals surface area (Å²) in [6, 6.07) is 5.96. The van der Waals surface area contributed by atoms with Crippen molar-refractivity contribution >= 4 is 23.5 Å². The van der Waals surface area contributed by atoms with E-state index in [0.717, 1.165) is 19.3 Å². The number of carboxylic acid groups (broad SMARTS) is 1. The lowest BCUT2D eigenvalue weighted by Gasteiger charge is -2.33. The van der Waals surface area contributed by atoms with Gasteiger partial charge in [0.15, 0.2) is 0 Å². The number of carbonyl (C=O) groups excluding carboxylic acids is 2. The number of para-hydroxylation sites is 1. The number of carboxylic acids is 1. The highest BCUT2D eigenvalue weighted by atomic mass is 19.1. The van der Waals surface area contributed by atoms with Gasteiger partial charge in [-0.15, -0.1) is 0 Å². The van der Waals surface area contributed by atoms with Crippen LogP contribution in [0, 0.1) is 17.2 Å². The molecule has 1 unspecified atom stereocenters. The van der Waals surface area contributed by atoms with E-state index in [4.69, 9.17) is 0 Å². The van der Waals surface area contributed by atoms with Crippen LogP contribution in [0.1, 0.15) is 38.5 Å². The lowest BCUT2D eigenvalue weighted by atomic mass is 9.74. The quantitative estimate of drug-likeness (QED) is 0.842. The van der Waals surface area contributed by atoms with Crippen LogP contribution in [0.4, 0.5) is 10.1 Å². The Balaban J connectivity index is 1.63. The molecular formula is C19H23FN2O4. The molecule has 0 aromatic heterocycles. The number of hydrogen-bond acceptors (Lipinski definition) is 3. The summed E-state index contributed by atoms with van der Waals surface area (Å²) in [6.07, 6.45) is 3.79. The van der Waals surface area contributed by atoms with Crippen molar-refractivity contribution in [2.75, 3.05) is 18.0 Å². The van der Waals surface area contributed by atoms with Crippen molar-refractivity contribution in [3.8, 4) is 0 Å². The Hall–Kier alpha value is -2.44. The van der Waals surface area contributed by atoms with Crippen LogP contribution in [0.25, 0.3) is 0 Å². The fourth-order valence-corrected chi connectivity index (χ4v) is 3.88. The van der Waals surface area contributed by atoms with Crippen molar-refractivity contribution in [2.24, 2.45) is 11.3 Å². The smallest absolute Gasteiger partial charge is 0.311 e. The van der Waals surface area contributed by atoms with E-state index in [1.54, 1.807) is 12.1 Å². The summed E-state index contributed by atoms with van der Waals surface area (Å²) >= 11 is 0. The normalized spacial score (nSPS) is 22.3. The number of nitrogens with zero attached hydrogens (tertiary/aromatic N) is 1. The second-order valence-electron chi connectivity index (χ2n) is 7.22. The summed E-state index contributed by atoms with van der Waals surface area (Å²) in [4.78, 5) is 37.7. The Kier molecular flexibility index (Phi) is 5.25. The van der Waals surface area contributed by atoms with Crippen LogP contribution >= 0.6 is 0 Å². The van der Waals surface area contributed by atoms with Crippen molar-refractivity contribution in [1.29, 1.82) is 0 Å². The molecule has 0 bridgehead atoms. The first-order valence-electron chi connectivity index (χ1n) is 8.99. The fraction of sp³-hybridized carbons (Fsp3) is 0.526. The molecule has 140 valence electrons. The molecule has 1 aromatic rings. The van der Waals surface area contributed by atoms with E-state index in [1.807, 2.05) is 0 Å². The van der Waals surface area contributed by atoms with Gasteiger partial charge < -0.3 is 15.3 Å². The van der Waals surface area contributed by atoms with Gasteiger partial charge in [0, 0.05) is 19.5 Å². The topological polar surface area (TPSA) is 86.7 Å². The van der Waals surface area contributed by atoms with Crippen LogP contribution < -0.4 is 10.2 Å². The van der Waals surface area contributed by atoms with Gasteiger partial charge in [0.25, 0.3) is 0 Å². The van der Waals surface area contributed by atoms with Gasteiger partial charge >= 0.3 is 5.97 Å². The first-order valence-corrected chi connectivity index (χ1v) is 8.99. The van der Waals surface area contributed by atoms with Gasteiger partial charge in [0.05, 0.1) is 17.0 Å². The molecule has 2 amide bonds. The maximum atomic E-state index is 13.9. The number of benzene rings is 1. The molecule has 1 aliphatic heterocycles. The van der Waals surface area contributed by atoms with Gasteiger partial charge in [-0.05, 0) is 25.0 Å². The Morgan fingerprint density at radius 3 is 2.58 bits per heavy atom. The highest BCUT2D eigenvalue weighted by molar-refractivity contribution is 6.00. The van der Waals surface area contributed by atoms with E-state index >= 15 is 0 Å². The van der Waals surface area contributed by atoms with E-state index in [2.05, 4.69) is 5.32 Å². The first kappa shape index (κ1) is 18.4. The highest BCUT2D eigenvalue weighted by Gasteiger charge is 2.41. The van der Waals surface area contributed by atoms with Crippen LogP contribution in [0.15, 0.2) is 24.3 Å². The predicted molar refractivity (Wildman–Crippen MR) is 93.0 cm³/mol. The highest BCUT2D eigenvalue weighted by Crippen LogP contribution is 2.36. The number of amides is 2. The number of hydrogen-bond donors (Lipinski definition) is 2. The third kappa shape index (κ3) is 3.57. The molecule has 1 aliphatic carbocycles. The maximum absolute atomic E-state index is 13.9. The van der Waals surface area contributed by atoms with Crippen LogP contribution in [-0.2, 0) is 14.4 Å². The molecule has 0 spiro atoms. The maximum Gasteiger partial charge on any atom is 0.311 e. The van der Waals surface area contributed by atoms with Gasteiger partial charge in [0.1, 0.15) is 5.82 Å². The standard InChI is InChI=1S/C19H23FN2O4/c20-14-6-2-3-7-15(14)22-11-13(10-16(22)23)17(24)21-12-19(18(25)26)8-4-1-5-9-19/h2-3,6-7,13H,1,4-5,8-12H2,(H,21,24)(H,25,26). The number of halogens is 1.